The van der Waals surface area contributed by atoms with Crippen LogP contribution in [-0.2, 0) is 4.79 Å². The summed E-state index contributed by atoms with van der Waals surface area (Å²) in [5.41, 5.74) is 1.97. The van der Waals surface area contributed by atoms with Crippen molar-refractivity contribution >= 4 is 23.3 Å². The summed E-state index contributed by atoms with van der Waals surface area (Å²) in [4.78, 5) is 28.1. The fraction of sp³-hybridized carbons (Fsp3) is 0.579. The Hall–Kier alpha value is -2.24. The molecule has 0 saturated carbocycles. The van der Waals surface area contributed by atoms with E-state index in [1.165, 1.54) is 26.2 Å². The molecule has 0 bridgehead atoms. The minimum Gasteiger partial charge on any atom is -0.370 e. The molecule has 1 unspecified atom stereocenters. The Bertz CT molecular complexity index is 613. The summed E-state index contributed by atoms with van der Waals surface area (Å²) >= 11 is 0. The maximum absolute atomic E-state index is 12.7. The number of likely N-dealkylation sites (tertiary alicyclic amines) is 1. The van der Waals surface area contributed by atoms with Gasteiger partial charge >= 0.3 is 6.03 Å². The van der Waals surface area contributed by atoms with E-state index >= 15 is 0 Å². The lowest BCUT2D eigenvalue weighted by atomic mass is 10.1. The first-order valence-corrected chi connectivity index (χ1v) is 9.30. The highest BCUT2D eigenvalue weighted by molar-refractivity contribution is 5.93. The Morgan fingerprint density at radius 1 is 1.04 bits per heavy atom. The normalized spacial score (nSPS) is 20.9. The van der Waals surface area contributed by atoms with Gasteiger partial charge in [0.1, 0.15) is 0 Å². The van der Waals surface area contributed by atoms with Gasteiger partial charge in [-0.3, -0.25) is 4.79 Å². The van der Waals surface area contributed by atoms with Crippen LogP contribution in [0, 0.1) is 0 Å². The molecule has 2 aliphatic rings. The lowest BCUT2D eigenvalue weighted by molar-refractivity contribution is -0.119. The monoisotopic (exact) mass is 344 g/mol. The van der Waals surface area contributed by atoms with Crippen molar-refractivity contribution in [3.05, 3.63) is 24.3 Å². The van der Waals surface area contributed by atoms with E-state index in [0.717, 1.165) is 43.9 Å². The lowest BCUT2D eigenvalue weighted by Crippen LogP contribution is -2.50. The number of para-hydroxylation sites is 2. The summed E-state index contributed by atoms with van der Waals surface area (Å²) < 4.78 is 0. The number of nitrogens with zero attached hydrogens (tertiary/aromatic N) is 2. The lowest BCUT2D eigenvalue weighted by Gasteiger charge is -2.34. The van der Waals surface area contributed by atoms with Crippen LogP contribution in [0.3, 0.4) is 0 Å². The SMILES string of the molecule is CC(=O)NC1CCCN(C(=O)Nc2ccccc2N2CCCCC2)C1. The Balaban J connectivity index is 1.65. The summed E-state index contributed by atoms with van der Waals surface area (Å²) in [5, 5.41) is 6.01. The zero-order valence-electron chi connectivity index (χ0n) is 15.0. The third kappa shape index (κ3) is 4.65. The molecule has 3 amide bonds. The first-order chi connectivity index (χ1) is 12.1. The third-order valence-electron chi connectivity index (χ3n) is 4.96. The molecular weight excluding hydrogens is 316 g/mol. The molecule has 2 saturated heterocycles. The van der Waals surface area contributed by atoms with Gasteiger partial charge in [0.05, 0.1) is 11.4 Å². The minimum absolute atomic E-state index is 0.0392. The van der Waals surface area contributed by atoms with Crippen molar-refractivity contribution < 1.29 is 9.59 Å². The fourth-order valence-corrected chi connectivity index (χ4v) is 3.75. The molecule has 1 atom stereocenters. The average molecular weight is 344 g/mol. The van der Waals surface area contributed by atoms with Crippen molar-refractivity contribution in [2.75, 3.05) is 36.4 Å². The van der Waals surface area contributed by atoms with Gasteiger partial charge in [0.15, 0.2) is 0 Å². The highest BCUT2D eigenvalue weighted by Gasteiger charge is 2.25. The Kier molecular flexibility index (Phi) is 5.79. The van der Waals surface area contributed by atoms with E-state index in [4.69, 9.17) is 0 Å². The predicted molar refractivity (Wildman–Crippen MR) is 99.9 cm³/mol. The number of rotatable bonds is 3. The molecular formula is C19H28N4O2. The highest BCUT2D eigenvalue weighted by atomic mass is 16.2. The van der Waals surface area contributed by atoms with Crippen LogP contribution in [0.5, 0.6) is 0 Å². The number of benzene rings is 1. The topological polar surface area (TPSA) is 64.7 Å². The summed E-state index contributed by atoms with van der Waals surface area (Å²) in [6.45, 7) is 4.90. The number of hydrogen-bond acceptors (Lipinski definition) is 3. The molecule has 2 N–H and O–H groups in total. The molecule has 6 heteroatoms. The molecule has 0 aliphatic carbocycles. The fourth-order valence-electron chi connectivity index (χ4n) is 3.75. The molecule has 1 aromatic rings. The van der Waals surface area contributed by atoms with Crippen LogP contribution in [0.1, 0.15) is 39.0 Å². The molecule has 136 valence electrons. The van der Waals surface area contributed by atoms with Crippen LogP contribution in [0.15, 0.2) is 24.3 Å². The van der Waals surface area contributed by atoms with E-state index in [2.05, 4.69) is 21.6 Å². The Morgan fingerprint density at radius 2 is 1.80 bits per heavy atom. The van der Waals surface area contributed by atoms with Crippen LogP contribution >= 0.6 is 0 Å². The molecule has 0 spiro atoms. The molecule has 3 rings (SSSR count). The third-order valence-corrected chi connectivity index (χ3v) is 4.96. The van der Waals surface area contributed by atoms with Crippen molar-refractivity contribution in [3.63, 3.8) is 0 Å². The van der Waals surface area contributed by atoms with Crippen LogP contribution in [0.2, 0.25) is 0 Å². The van der Waals surface area contributed by atoms with Gasteiger partial charge in [0.2, 0.25) is 5.91 Å². The van der Waals surface area contributed by atoms with E-state index in [-0.39, 0.29) is 18.0 Å². The van der Waals surface area contributed by atoms with E-state index in [1.807, 2.05) is 18.2 Å². The van der Waals surface area contributed by atoms with Gasteiger partial charge in [0.25, 0.3) is 0 Å². The zero-order valence-corrected chi connectivity index (χ0v) is 15.0. The van der Waals surface area contributed by atoms with Crippen molar-refractivity contribution in [2.24, 2.45) is 0 Å². The number of urea groups is 1. The smallest absolute Gasteiger partial charge is 0.321 e. The average Bonchev–Trinajstić information content (AvgIpc) is 2.62. The van der Waals surface area contributed by atoms with Gasteiger partial charge in [-0.15, -0.1) is 0 Å². The van der Waals surface area contributed by atoms with Gasteiger partial charge in [-0.25, -0.2) is 4.79 Å². The largest absolute Gasteiger partial charge is 0.370 e. The molecule has 2 aliphatic heterocycles. The quantitative estimate of drug-likeness (QED) is 0.886. The second kappa shape index (κ2) is 8.23. The maximum Gasteiger partial charge on any atom is 0.321 e. The van der Waals surface area contributed by atoms with Crippen LogP contribution < -0.4 is 15.5 Å². The number of anilines is 2. The van der Waals surface area contributed by atoms with E-state index in [1.54, 1.807) is 4.90 Å². The Morgan fingerprint density at radius 3 is 2.56 bits per heavy atom. The van der Waals surface area contributed by atoms with Crippen LogP contribution in [-0.4, -0.2) is 49.1 Å². The molecule has 0 aromatic heterocycles. The zero-order chi connectivity index (χ0) is 17.6. The minimum atomic E-state index is -0.0838. The second-order valence-electron chi connectivity index (χ2n) is 6.98. The van der Waals surface area contributed by atoms with Crippen molar-refractivity contribution in [1.82, 2.24) is 10.2 Å². The van der Waals surface area contributed by atoms with E-state index in [9.17, 15) is 9.59 Å². The maximum atomic E-state index is 12.7. The van der Waals surface area contributed by atoms with Gasteiger partial charge in [-0.1, -0.05) is 12.1 Å². The number of amides is 3. The van der Waals surface area contributed by atoms with Crippen molar-refractivity contribution in [2.45, 2.75) is 45.1 Å². The number of carbonyl (C=O) groups is 2. The van der Waals surface area contributed by atoms with Gasteiger partial charge < -0.3 is 20.4 Å². The second-order valence-corrected chi connectivity index (χ2v) is 6.98. The van der Waals surface area contributed by atoms with Crippen LogP contribution in [0.25, 0.3) is 0 Å². The molecule has 2 heterocycles. The molecule has 0 radical (unpaired) electrons. The van der Waals surface area contributed by atoms with Crippen molar-refractivity contribution in [3.8, 4) is 0 Å². The number of nitrogens with one attached hydrogen (secondary N) is 2. The summed E-state index contributed by atoms with van der Waals surface area (Å²) in [6.07, 6.45) is 5.52. The highest BCUT2D eigenvalue weighted by Crippen LogP contribution is 2.28. The Labute approximate surface area is 149 Å². The molecule has 6 nitrogen and oxygen atoms in total. The first kappa shape index (κ1) is 17.6. The summed E-state index contributed by atoms with van der Waals surface area (Å²) in [5.74, 6) is -0.0392. The molecule has 25 heavy (non-hydrogen) atoms. The molecule has 1 aromatic carbocycles. The van der Waals surface area contributed by atoms with Gasteiger partial charge in [-0.05, 0) is 44.2 Å². The van der Waals surface area contributed by atoms with Gasteiger partial charge in [-0.2, -0.15) is 0 Å². The summed E-state index contributed by atoms with van der Waals surface area (Å²) in [6, 6.07) is 8.00. The van der Waals surface area contributed by atoms with Gasteiger partial charge in [0, 0.05) is 39.1 Å². The van der Waals surface area contributed by atoms with Crippen molar-refractivity contribution in [1.29, 1.82) is 0 Å². The standard InChI is InChI=1S/C19H28N4O2/c1-15(24)20-16-8-7-13-23(14-16)19(25)21-17-9-3-4-10-18(17)22-11-5-2-6-12-22/h3-4,9-10,16H,2,5-8,11-14H2,1H3,(H,20,24)(H,21,25). The number of carbonyl (C=O) groups excluding carboxylic acids is 2. The summed E-state index contributed by atoms with van der Waals surface area (Å²) in [7, 11) is 0. The first-order valence-electron chi connectivity index (χ1n) is 9.30. The van der Waals surface area contributed by atoms with E-state index < -0.39 is 0 Å². The number of piperidine rings is 2. The van der Waals surface area contributed by atoms with E-state index in [0.29, 0.717) is 6.54 Å². The number of hydrogen-bond donors (Lipinski definition) is 2. The van der Waals surface area contributed by atoms with Crippen LogP contribution in [0.4, 0.5) is 16.2 Å². The predicted octanol–water partition coefficient (Wildman–Crippen LogP) is 2.81. The molecule has 2 fully saturated rings.